The highest BCUT2D eigenvalue weighted by Crippen LogP contribution is 2.05. The van der Waals surface area contributed by atoms with Gasteiger partial charge in [0.25, 0.3) is 0 Å². The number of nitrogens with one attached hydrogen (secondary N) is 1. The second kappa shape index (κ2) is 7.62. The van der Waals surface area contributed by atoms with E-state index in [-0.39, 0.29) is 0 Å². The number of nitrogens with two attached hydrogens (primary N) is 1. The maximum atomic E-state index is 4.50. The average Bonchev–Trinajstić information content (AvgIpc) is 2.19. The highest BCUT2D eigenvalue weighted by Gasteiger charge is 1.93. The van der Waals surface area contributed by atoms with Crippen LogP contribution in [0.15, 0.2) is 36.2 Å². The lowest BCUT2D eigenvalue weighted by atomic mass is 10.1. The first-order valence-electron chi connectivity index (χ1n) is 4.66. The van der Waals surface area contributed by atoms with E-state index in [1.165, 1.54) is 12.7 Å². The number of rotatable bonds is 2. The van der Waals surface area contributed by atoms with Crippen LogP contribution in [0.3, 0.4) is 0 Å². The Morgan fingerprint density at radius 3 is 2.54 bits per heavy atom. The van der Waals surface area contributed by atoms with Gasteiger partial charge in [-0.2, -0.15) is 0 Å². The van der Waals surface area contributed by atoms with Gasteiger partial charge in [-0.1, -0.05) is 26.0 Å². The first kappa shape index (κ1) is 12.0. The quantitative estimate of drug-likeness (QED) is 0.683. The van der Waals surface area contributed by atoms with Gasteiger partial charge in [-0.3, -0.25) is 0 Å². The highest BCUT2D eigenvalue weighted by atomic mass is 14.8. The van der Waals surface area contributed by atoms with Crippen LogP contribution in [0.2, 0.25) is 0 Å². The zero-order chi connectivity index (χ0) is 10.1. The van der Waals surface area contributed by atoms with Crippen molar-refractivity contribution >= 4 is 0 Å². The fourth-order valence-corrected chi connectivity index (χ4v) is 0.897. The molecule has 2 nitrogen and oxygen atoms in total. The highest BCUT2D eigenvalue weighted by molar-refractivity contribution is 5.26. The van der Waals surface area contributed by atoms with Crippen molar-refractivity contribution in [3.8, 4) is 0 Å². The zero-order valence-corrected chi connectivity index (χ0v) is 8.75. The van der Waals surface area contributed by atoms with Gasteiger partial charge >= 0.3 is 0 Å². The third-order valence-electron chi connectivity index (χ3n) is 1.54. The molecular weight excluding hydrogens is 160 g/mol. The van der Waals surface area contributed by atoms with Crippen LogP contribution in [0, 0.1) is 5.92 Å². The first-order chi connectivity index (χ1) is 6.29. The number of hydrogen-bond donors (Lipinski definition) is 2. The van der Waals surface area contributed by atoms with Crippen molar-refractivity contribution in [3.63, 3.8) is 0 Å². The van der Waals surface area contributed by atoms with Crippen molar-refractivity contribution in [2.45, 2.75) is 20.3 Å². The summed E-state index contributed by atoms with van der Waals surface area (Å²) in [6.07, 6.45) is 11.4. The minimum atomic E-state index is 0.739. The van der Waals surface area contributed by atoms with Crippen LogP contribution < -0.4 is 11.1 Å². The predicted molar refractivity (Wildman–Crippen MR) is 59.1 cm³/mol. The smallest absolute Gasteiger partial charge is 0.0339 e. The van der Waals surface area contributed by atoms with Crippen molar-refractivity contribution in [1.82, 2.24) is 5.32 Å². The van der Waals surface area contributed by atoms with Gasteiger partial charge in [0, 0.05) is 11.9 Å². The molecule has 1 heterocycles. The molecule has 0 aromatic rings. The van der Waals surface area contributed by atoms with E-state index in [9.17, 15) is 0 Å². The predicted octanol–water partition coefficient (Wildman–Crippen LogP) is 2.16. The summed E-state index contributed by atoms with van der Waals surface area (Å²) < 4.78 is 0. The molecule has 2 heteroatoms. The lowest BCUT2D eigenvalue weighted by molar-refractivity contribution is 0.660. The minimum absolute atomic E-state index is 0.739. The molecule has 0 amide bonds. The Labute approximate surface area is 81.2 Å². The molecular formula is C11H20N2. The van der Waals surface area contributed by atoms with Crippen molar-refractivity contribution in [1.29, 1.82) is 0 Å². The van der Waals surface area contributed by atoms with Crippen LogP contribution in [-0.2, 0) is 0 Å². The molecule has 1 rings (SSSR count). The SMILES string of the molecule is CC(C)C/C=C1/C=CC=CN1.CN. The van der Waals surface area contributed by atoms with E-state index in [1.54, 1.807) is 0 Å². The second-order valence-corrected chi connectivity index (χ2v) is 3.15. The molecule has 0 aromatic heterocycles. The fraction of sp³-hybridized carbons (Fsp3) is 0.455. The molecule has 74 valence electrons. The van der Waals surface area contributed by atoms with Gasteiger partial charge in [0.1, 0.15) is 0 Å². The summed E-state index contributed by atoms with van der Waals surface area (Å²) in [6, 6.07) is 0. The Morgan fingerprint density at radius 1 is 1.38 bits per heavy atom. The molecule has 1 aliphatic rings. The number of allylic oxidation sites excluding steroid dienone is 4. The molecule has 3 N–H and O–H groups in total. The van der Waals surface area contributed by atoms with E-state index in [1.807, 2.05) is 18.4 Å². The maximum absolute atomic E-state index is 4.50. The van der Waals surface area contributed by atoms with Gasteiger partial charge in [0.2, 0.25) is 0 Å². The van der Waals surface area contributed by atoms with E-state index in [4.69, 9.17) is 0 Å². The Balaban J connectivity index is 0.000000671. The molecule has 13 heavy (non-hydrogen) atoms. The Hall–Kier alpha value is -1.02. The molecule has 0 aromatic carbocycles. The fourth-order valence-electron chi connectivity index (χ4n) is 0.897. The Kier molecular flexibility index (Phi) is 7.02. The summed E-state index contributed by atoms with van der Waals surface area (Å²) in [4.78, 5) is 0. The van der Waals surface area contributed by atoms with E-state index < -0.39 is 0 Å². The molecule has 0 unspecified atom stereocenters. The van der Waals surface area contributed by atoms with E-state index in [0.717, 1.165) is 12.3 Å². The van der Waals surface area contributed by atoms with Crippen molar-refractivity contribution in [2.24, 2.45) is 11.7 Å². The average molecular weight is 180 g/mol. The first-order valence-corrected chi connectivity index (χ1v) is 4.66. The number of hydrogen-bond acceptors (Lipinski definition) is 2. The molecule has 0 aliphatic carbocycles. The van der Waals surface area contributed by atoms with Gasteiger partial charge < -0.3 is 11.1 Å². The summed E-state index contributed by atoms with van der Waals surface area (Å²) in [7, 11) is 1.50. The van der Waals surface area contributed by atoms with Crippen LogP contribution in [0.4, 0.5) is 0 Å². The molecule has 0 fully saturated rings. The monoisotopic (exact) mass is 180 g/mol. The van der Waals surface area contributed by atoms with Crippen LogP contribution in [0.5, 0.6) is 0 Å². The van der Waals surface area contributed by atoms with Gasteiger partial charge in [-0.05, 0) is 31.5 Å². The van der Waals surface area contributed by atoms with E-state index in [0.29, 0.717) is 0 Å². The Bertz CT molecular complexity index is 200. The van der Waals surface area contributed by atoms with Gasteiger partial charge in [0.05, 0.1) is 0 Å². The normalized spacial score (nSPS) is 16.8. The zero-order valence-electron chi connectivity index (χ0n) is 8.75. The maximum Gasteiger partial charge on any atom is 0.0339 e. The van der Waals surface area contributed by atoms with Gasteiger partial charge in [0.15, 0.2) is 0 Å². The van der Waals surface area contributed by atoms with Crippen LogP contribution in [0.25, 0.3) is 0 Å². The molecule has 0 atom stereocenters. The van der Waals surface area contributed by atoms with Crippen molar-refractivity contribution < 1.29 is 0 Å². The molecule has 0 bridgehead atoms. The third-order valence-corrected chi connectivity index (χ3v) is 1.54. The lowest BCUT2D eigenvalue weighted by Gasteiger charge is -2.06. The standard InChI is InChI=1S/C10H15N.CH5N/c1-9(2)6-7-10-5-3-4-8-11-10;1-2/h3-5,7-9,11H,6H2,1-2H3;2H2,1H3/b10-7-;. The topological polar surface area (TPSA) is 38.0 Å². The van der Waals surface area contributed by atoms with E-state index >= 15 is 0 Å². The molecule has 0 radical (unpaired) electrons. The summed E-state index contributed by atoms with van der Waals surface area (Å²) in [5.41, 5.74) is 5.71. The third kappa shape index (κ3) is 6.17. The molecule has 0 saturated carbocycles. The summed E-state index contributed by atoms with van der Waals surface area (Å²) >= 11 is 0. The van der Waals surface area contributed by atoms with E-state index in [2.05, 4.69) is 37.0 Å². The van der Waals surface area contributed by atoms with Crippen LogP contribution in [0.1, 0.15) is 20.3 Å². The van der Waals surface area contributed by atoms with Crippen molar-refractivity contribution in [2.75, 3.05) is 7.05 Å². The van der Waals surface area contributed by atoms with Gasteiger partial charge in [-0.15, -0.1) is 0 Å². The second-order valence-electron chi connectivity index (χ2n) is 3.15. The van der Waals surface area contributed by atoms with Crippen LogP contribution in [-0.4, -0.2) is 7.05 Å². The van der Waals surface area contributed by atoms with Gasteiger partial charge in [-0.25, -0.2) is 0 Å². The Morgan fingerprint density at radius 2 is 2.08 bits per heavy atom. The number of dihydropyridines is 1. The largest absolute Gasteiger partial charge is 0.362 e. The summed E-state index contributed by atoms with van der Waals surface area (Å²) in [6.45, 7) is 4.44. The lowest BCUT2D eigenvalue weighted by Crippen LogP contribution is -2.04. The summed E-state index contributed by atoms with van der Waals surface area (Å²) in [5.74, 6) is 0.739. The summed E-state index contributed by atoms with van der Waals surface area (Å²) in [5, 5.41) is 3.17. The van der Waals surface area contributed by atoms with Crippen molar-refractivity contribution in [3.05, 3.63) is 36.2 Å². The molecule has 0 saturated heterocycles. The minimum Gasteiger partial charge on any atom is -0.362 e. The molecule has 0 spiro atoms. The van der Waals surface area contributed by atoms with Crippen LogP contribution >= 0.6 is 0 Å². The molecule has 1 aliphatic heterocycles.